The predicted molar refractivity (Wildman–Crippen MR) is 89.5 cm³/mol. The number of hydrogen-bond acceptors (Lipinski definition) is 4. The van der Waals surface area contributed by atoms with Crippen molar-refractivity contribution in [3.05, 3.63) is 71.3 Å². The van der Waals surface area contributed by atoms with Gasteiger partial charge in [0.15, 0.2) is 5.78 Å². The Morgan fingerprint density at radius 3 is 2.56 bits per heavy atom. The van der Waals surface area contributed by atoms with E-state index in [1.54, 1.807) is 61.5 Å². The summed E-state index contributed by atoms with van der Waals surface area (Å²) in [7, 11) is 0. The highest BCUT2D eigenvalue weighted by molar-refractivity contribution is 6.11. The number of amides is 3. The number of nitrogens with one attached hydrogen (secondary N) is 1. The third-order valence-electron chi connectivity index (χ3n) is 4.24. The second-order valence-electron chi connectivity index (χ2n) is 5.93. The zero-order valence-electron chi connectivity index (χ0n) is 13.5. The minimum Gasteiger partial charge on any atom is -0.319 e. The molecule has 6 heteroatoms. The van der Waals surface area contributed by atoms with Gasteiger partial charge in [0.25, 0.3) is 5.91 Å². The number of carbonyl (C=O) groups excluding carboxylic acids is 3. The first-order valence-electron chi connectivity index (χ1n) is 7.69. The molecule has 1 heterocycles. The molecule has 0 aromatic heterocycles. The van der Waals surface area contributed by atoms with E-state index in [4.69, 9.17) is 5.26 Å². The van der Waals surface area contributed by atoms with E-state index in [9.17, 15) is 14.4 Å². The van der Waals surface area contributed by atoms with Crippen LogP contribution in [0.2, 0.25) is 0 Å². The molecule has 3 rings (SSSR count). The fourth-order valence-corrected chi connectivity index (χ4v) is 2.79. The Morgan fingerprint density at radius 1 is 1.16 bits per heavy atom. The Morgan fingerprint density at radius 2 is 1.88 bits per heavy atom. The van der Waals surface area contributed by atoms with Gasteiger partial charge >= 0.3 is 6.03 Å². The van der Waals surface area contributed by atoms with Crippen LogP contribution in [0.4, 0.5) is 4.79 Å². The Bertz CT molecular complexity index is 902. The summed E-state index contributed by atoms with van der Waals surface area (Å²) in [6.45, 7) is 1.24. The Balaban J connectivity index is 1.87. The summed E-state index contributed by atoms with van der Waals surface area (Å²) < 4.78 is 0. The summed E-state index contributed by atoms with van der Waals surface area (Å²) in [4.78, 5) is 38.3. The highest BCUT2D eigenvalue weighted by atomic mass is 16.2. The summed E-state index contributed by atoms with van der Waals surface area (Å²) in [5.74, 6) is -0.837. The van der Waals surface area contributed by atoms with Crippen molar-refractivity contribution in [2.45, 2.75) is 12.5 Å². The monoisotopic (exact) mass is 333 g/mol. The van der Waals surface area contributed by atoms with Crippen LogP contribution < -0.4 is 5.32 Å². The fraction of sp³-hybridized carbons (Fsp3) is 0.158. The van der Waals surface area contributed by atoms with E-state index in [0.29, 0.717) is 16.7 Å². The molecular weight excluding hydrogens is 318 g/mol. The molecule has 0 radical (unpaired) electrons. The number of ketones is 1. The largest absolute Gasteiger partial charge is 0.325 e. The zero-order chi connectivity index (χ0) is 18.0. The number of carbonyl (C=O) groups is 3. The zero-order valence-corrected chi connectivity index (χ0v) is 13.5. The molecular formula is C19H15N3O3. The van der Waals surface area contributed by atoms with E-state index in [1.165, 1.54) is 0 Å². The van der Waals surface area contributed by atoms with Crippen molar-refractivity contribution in [1.82, 2.24) is 10.2 Å². The molecule has 0 bridgehead atoms. The van der Waals surface area contributed by atoms with Gasteiger partial charge in [-0.15, -0.1) is 0 Å². The molecule has 1 atom stereocenters. The normalized spacial score (nSPS) is 19.4. The topological polar surface area (TPSA) is 90.3 Å². The minimum absolute atomic E-state index is 0.320. The van der Waals surface area contributed by atoms with Crippen LogP contribution in [0.3, 0.4) is 0 Å². The molecule has 3 amide bonds. The Kier molecular flexibility index (Phi) is 4.07. The smallest absolute Gasteiger partial charge is 0.319 e. The van der Waals surface area contributed by atoms with Crippen molar-refractivity contribution in [2.75, 3.05) is 6.54 Å². The lowest BCUT2D eigenvalue weighted by molar-refractivity contribution is -0.130. The molecule has 0 saturated carbocycles. The van der Waals surface area contributed by atoms with Crippen LogP contribution in [-0.2, 0) is 10.3 Å². The Hall–Kier alpha value is -3.46. The van der Waals surface area contributed by atoms with Gasteiger partial charge in [-0.1, -0.05) is 42.5 Å². The third-order valence-corrected chi connectivity index (χ3v) is 4.24. The van der Waals surface area contributed by atoms with Crippen LogP contribution in [0.1, 0.15) is 28.4 Å². The van der Waals surface area contributed by atoms with Gasteiger partial charge in [-0.2, -0.15) is 5.26 Å². The minimum atomic E-state index is -1.30. The molecule has 1 saturated heterocycles. The second kappa shape index (κ2) is 6.21. The molecule has 1 fully saturated rings. The number of nitrogens with zero attached hydrogens (tertiary/aromatic N) is 2. The summed E-state index contributed by atoms with van der Waals surface area (Å²) in [6.07, 6.45) is 0. The van der Waals surface area contributed by atoms with Crippen molar-refractivity contribution in [2.24, 2.45) is 0 Å². The van der Waals surface area contributed by atoms with Crippen molar-refractivity contribution in [1.29, 1.82) is 5.26 Å². The van der Waals surface area contributed by atoms with E-state index in [1.807, 2.05) is 6.07 Å². The second-order valence-corrected chi connectivity index (χ2v) is 5.93. The van der Waals surface area contributed by atoms with E-state index in [2.05, 4.69) is 5.32 Å². The average molecular weight is 333 g/mol. The standard InChI is InChI=1S/C19H15N3O3/c1-19(15-9-5-6-13(10-15)11-20)17(24)22(18(25)21-19)12-16(23)14-7-3-2-4-8-14/h2-10H,12H2,1H3,(H,21,25)/t19-/m0/s1. The molecule has 1 aliphatic heterocycles. The summed E-state index contributed by atoms with van der Waals surface area (Å²) in [6, 6.07) is 16.4. The van der Waals surface area contributed by atoms with Crippen molar-refractivity contribution in [3.8, 4) is 6.07 Å². The third kappa shape index (κ3) is 2.88. The lowest BCUT2D eigenvalue weighted by atomic mass is 9.91. The van der Waals surface area contributed by atoms with Crippen molar-refractivity contribution >= 4 is 17.7 Å². The van der Waals surface area contributed by atoms with Crippen LogP contribution in [-0.4, -0.2) is 29.2 Å². The molecule has 1 N–H and O–H groups in total. The summed E-state index contributed by atoms with van der Waals surface area (Å²) >= 11 is 0. The van der Waals surface area contributed by atoms with Crippen LogP contribution in [0, 0.1) is 11.3 Å². The van der Waals surface area contributed by atoms with Crippen LogP contribution >= 0.6 is 0 Å². The van der Waals surface area contributed by atoms with Crippen LogP contribution in [0.25, 0.3) is 0 Å². The predicted octanol–water partition coefficient (Wildman–Crippen LogP) is 2.21. The van der Waals surface area contributed by atoms with E-state index in [-0.39, 0.29) is 12.3 Å². The van der Waals surface area contributed by atoms with Gasteiger partial charge in [0, 0.05) is 5.56 Å². The van der Waals surface area contributed by atoms with Crippen LogP contribution in [0.5, 0.6) is 0 Å². The maximum Gasteiger partial charge on any atom is 0.325 e. The number of benzene rings is 2. The van der Waals surface area contributed by atoms with Gasteiger partial charge < -0.3 is 5.32 Å². The lowest BCUT2D eigenvalue weighted by Gasteiger charge is -2.22. The van der Waals surface area contributed by atoms with E-state index < -0.39 is 17.5 Å². The molecule has 0 spiro atoms. The molecule has 6 nitrogen and oxygen atoms in total. The summed E-state index contributed by atoms with van der Waals surface area (Å²) in [5.41, 5.74) is 0.0169. The molecule has 2 aromatic rings. The quantitative estimate of drug-likeness (QED) is 0.686. The van der Waals surface area contributed by atoms with Crippen molar-refractivity contribution in [3.63, 3.8) is 0 Å². The van der Waals surface area contributed by atoms with Gasteiger partial charge in [0.05, 0.1) is 18.2 Å². The van der Waals surface area contributed by atoms with E-state index in [0.717, 1.165) is 4.90 Å². The average Bonchev–Trinajstić information content (AvgIpc) is 2.86. The first-order valence-corrected chi connectivity index (χ1v) is 7.69. The fourth-order valence-electron chi connectivity index (χ4n) is 2.79. The number of imide groups is 1. The molecule has 25 heavy (non-hydrogen) atoms. The van der Waals surface area contributed by atoms with Gasteiger partial charge in [-0.05, 0) is 24.6 Å². The maximum atomic E-state index is 12.8. The molecule has 2 aromatic carbocycles. The van der Waals surface area contributed by atoms with Gasteiger partial charge in [0.1, 0.15) is 5.54 Å². The highest BCUT2D eigenvalue weighted by Crippen LogP contribution is 2.29. The number of rotatable bonds is 4. The first-order chi connectivity index (χ1) is 12.0. The number of nitriles is 1. The highest BCUT2D eigenvalue weighted by Gasteiger charge is 2.49. The Labute approximate surface area is 144 Å². The molecule has 0 aliphatic carbocycles. The number of urea groups is 1. The van der Waals surface area contributed by atoms with Crippen LogP contribution in [0.15, 0.2) is 54.6 Å². The molecule has 0 unspecified atom stereocenters. The molecule has 124 valence electrons. The van der Waals surface area contributed by atoms with Crippen molar-refractivity contribution < 1.29 is 14.4 Å². The number of Topliss-reactive ketones (excluding diaryl/α,β-unsaturated/α-hetero) is 1. The number of hydrogen-bond donors (Lipinski definition) is 1. The van der Waals surface area contributed by atoms with E-state index >= 15 is 0 Å². The van der Waals surface area contributed by atoms with Gasteiger partial charge in [-0.3, -0.25) is 14.5 Å². The summed E-state index contributed by atoms with van der Waals surface area (Å²) in [5, 5.41) is 11.7. The first kappa shape index (κ1) is 16.4. The molecule has 1 aliphatic rings. The SMILES string of the molecule is C[C@@]1(c2cccc(C#N)c2)NC(=O)N(CC(=O)c2ccccc2)C1=O. The van der Waals surface area contributed by atoms with Gasteiger partial charge in [0.2, 0.25) is 0 Å². The lowest BCUT2D eigenvalue weighted by Crippen LogP contribution is -2.41. The maximum absolute atomic E-state index is 12.8. The van der Waals surface area contributed by atoms with Gasteiger partial charge in [-0.25, -0.2) is 4.79 Å².